The molecular formula is C49H55N6O3S2+. The lowest BCUT2D eigenvalue weighted by atomic mass is 9.79. The van der Waals surface area contributed by atoms with Crippen LogP contribution in [-0.2, 0) is 25.2 Å². The Morgan fingerprint density at radius 3 is 2.18 bits per heavy atom. The van der Waals surface area contributed by atoms with Gasteiger partial charge in [-0.25, -0.2) is 5.43 Å². The fourth-order valence-electron chi connectivity index (χ4n) is 9.30. The Morgan fingerprint density at radius 1 is 0.767 bits per heavy atom. The standard InChI is InChI=1S/C49H54N6O3S2/c1-47(2)40-21-8-6-5-7-9-22-41-48(3,4)45-36-19-13-11-17-34(36)24-26-39(45)55(41)31-28-43(57)53-52-37(20-14-15-29-50)46(58)49(59-60-49)32-51-42(56)27-30-54(40)38-25-23-33-16-10-12-18-35(33)44(38)47/h5-13,16-19,21-26,37,52H,14-15,20,27-32,50H2,1-4H3,(H-,51,53,56,57)/p+1/t37-/m0/s1. The van der Waals surface area contributed by atoms with Crippen molar-refractivity contribution in [3.8, 4) is 0 Å². The van der Waals surface area contributed by atoms with Crippen molar-refractivity contribution in [2.45, 2.75) is 80.7 Å². The molecule has 1 fully saturated rings. The molecule has 0 radical (unpaired) electrons. The van der Waals surface area contributed by atoms with Gasteiger partial charge < -0.3 is 16.0 Å². The molecule has 0 aromatic heterocycles. The zero-order valence-electron chi connectivity index (χ0n) is 34.9. The number of nitrogens with one attached hydrogen (secondary N) is 3. The molecule has 0 bridgehead atoms. The lowest BCUT2D eigenvalue weighted by molar-refractivity contribution is -0.436. The van der Waals surface area contributed by atoms with Crippen molar-refractivity contribution >= 4 is 77.8 Å². The zero-order valence-corrected chi connectivity index (χ0v) is 36.6. The number of amides is 2. The number of ketones is 1. The van der Waals surface area contributed by atoms with Crippen molar-refractivity contribution in [3.05, 3.63) is 132 Å². The molecular weight excluding hydrogens is 785 g/mol. The summed E-state index contributed by atoms with van der Waals surface area (Å²) in [6.45, 7) is 10.7. The first-order valence-corrected chi connectivity index (χ1v) is 23.2. The molecule has 9 nitrogen and oxygen atoms in total. The number of benzene rings is 4. The van der Waals surface area contributed by atoms with E-state index in [0.717, 1.165) is 35.6 Å². The molecule has 4 heterocycles. The number of hydrogen-bond acceptors (Lipinski definition) is 8. The van der Waals surface area contributed by atoms with Crippen molar-refractivity contribution in [1.82, 2.24) is 16.2 Å². The summed E-state index contributed by atoms with van der Waals surface area (Å²) < 4.78 is 1.47. The van der Waals surface area contributed by atoms with Gasteiger partial charge in [0.05, 0.1) is 24.4 Å². The van der Waals surface area contributed by atoms with Crippen LogP contribution in [0.25, 0.3) is 21.5 Å². The number of anilines is 1. The number of hydrazine groups is 1. The predicted octanol–water partition coefficient (Wildman–Crippen LogP) is 8.41. The largest absolute Gasteiger partial charge is 0.353 e. The van der Waals surface area contributed by atoms with E-state index in [1.807, 2.05) is 18.2 Å². The third-order valence-electron chi connectivity index (χ3n) is 12.4. The van der Waals surface area contributed by atoms with Crippen LogP contribution in [0, 0.1) is 0 Å². The molecule has 1 spiro atoms. The van der Waals surface area contributed by atoms with Crippen molar-refractivity contribution in [3.63, 3.8) is 0 Å². The lowest BCUT2D eigenvalue weighted by Gasteiger charge is -2.27. The van der Waals surface area contributed by atoms with E-state index in [1.54, 1.807) is 0 Å². The Hall–Kier alpha value is -4.94. The summed E-state index contributed by atoms with van der Waals surface area (Å²) in [6.07, 6.45) is 17.1. The second-order valence-corrected chi connectivity index (χ2v) is 20.1. The molecule has 4 aromatic carbocycles. The number of hydrogen-bond donors (Lipinski definition) is 4. The van der Waals surface area contributed by atoms with E-state index in [-0.39, 0.29) is 47.8 Å². The average molecular weight is 840 g/mol. The smallest absolute Gasteiger partial charge is 0.235 e. The van der Waals surface area contributed by atoms with Gasteiger partial charge in [0, 0.05) is 47.5 Å². The van der Waals surface area contributed by atoms with Crippen LogP contribution in [0.3, 0.4) is 0 Å². The molecule has 8 rings (SSSR count). The predicted molar refractivity (Wildman–Crippen MR) is 250 cm³/mol. The Balaban J connectivity index is 1.15. The van der Waals surface area contributed by atoms with Crippen LogP contribution in [0.2, 0.25) is 0 Å². The Kier molecular flexibility index (Phi) is 12.0. The summed E-state index contributed by atoms with van der Waals surface area (Å²) >= 11 is 0. The minimum atomic E-state index is -0.817. The first-order valence-electron chi connectivity index (χ1n) is 21.1. The summed E-state index contributed by atoms with van der Waals surface area (Å²) in [5, 5.41) is 7.87. The maximum atomic E-state index is 14.2. The van der Waals surface area contributed by atoms with Gasteiger partial charge in [-0.05, 0) is 78.6 Å². The number of carbonyl (C=O) groups is 3. The first kappa shape index (κ1) is 41.8. The van der Waals surface area contributed by atoms with Gasteiger partial charge in [0.15, 0.2) is 22.1 Å². The van der Waals surface area contributed by atoms with Gasteiger partial charge in [0.2, 0.25) is 17.5 Å². The van der Waals surface area contributed by atoms with Gasteiger partial charge in [0.1, 0.15) is 0 Å². The number of allylic oxidation sites excluding steroid dienone is 8. The molecule has 0 saturated carbocycles. The number of fused-ring (bicyclic) bond motifs is 9. The second kappa shape index (κ2) is 17.2. The molecule has 4 aliphatic heterocycles. The maximum Gasteiger partial charge on any atom is 0.235 e. The van der Waals surface area contributed by atoms with E-state index in [0.29, 0.717) is 26.1 Å². The van der Waals surface area contributed by atoms with Crippen LogP contribution in [0.4, 0.5) is 11.4 Å². The van der Waals surface area contributed by atoms with Gasteiger partial charge in [-0.2, -0.15) is 4.58 Å². The van der Waals surface area contributed by atoms with Crippen LogP contribution >= 0.6 is 21.6 Å². The lowest BCUT2D eigenvalue weighted by Crippen LogP contribution is -2.53. The molecule has 0 unspecified atom stereocenters. The van der Waals surface area contributed by atoms with E-state index in [1.165, 1.54) is 54.3 Å². The van der Waals surface area contributed by atoms with Crippen LogP contribution < -0.4 is 26.8 Å². The van der Waals surface area contributed by atoms with Gasteiger partial charge in [-0.3, -0.25) is 19.8 Å². The van der Waals surface area contributed by atoms with Crippen molar-refractivity contribution < 1.29 is 19.0 Å². The van der Waals surface area contributed by atoms with Crippen molar-refractivity contribution in [2.24, 2.45) is 5.73 Å². The molecule has 2 amide bonds. The van der Waals surface area contributed by atoms with Crippen LogP contribution in [0.1, 0.15) is 70.9 Å². The zero-order chi connectivity index (χ0) is 42.1. The number of rotatable bonds is 4. The third kappa shape index (κ3) is 8.00. The SMILES string of the molecule is CC1(C)C2=[N+](CCC(=O)NCC3(SS3)C(=O)[C@H](CCCCN)NNC(=O)CCN3/C(=C/C=C/C=C/C=C/2)C(C)(C)c2c3ccc3ccccc23)c2ccc3ccccc3c21. The quantitative estimate of drug-likeness (QED) is 0.0701. The van der Waals surface area contributed by atoms with Gasteiger partial charge in [0.25, 0.3) is 0 Å². The van der Waals surface area contributed by atoms with Gasteiger partial charge >= 0.3 is 0 Å². The second-order valence-electron chi connectivity index (χ2n) is 17.1. The number of Topliss-reactive ketones (excluding diaryl/α,β-unsaturated/α-hetero) is 1. The summed E-state index contributed by atoms with van der Waals surface area (Å²) in [4.78, 5) is 43.6. The maximum absolute atomic E-state index is 14.2. The minimum absolute atomic E-state index is 0.0420. The molecule has 1 atom stereocenters. The highest BCUT2D eigenvalue weighted by molar-refractivity contribution is 8.94. The molecule has 0 aliphatic carbocycles. The molecule has 4 aromatic rings. The van der Waals surface area contributed by atoms with E-state index in [4.69, 9.17) is 5.73 Å². The Labute approximate surface area is 361 Å². The number of carbonyl (C=O) groups excluding carboxylic acids is 3. The van der Waals surface area contributed by atoms with Crippen molar-refractivity contribution in [1.29, 1.82) is 0 Å². The number of nitrogens with two attached hydrogens (primary N) is 1. The highest BCUT2D eigenvalue weighted by atomic mass is 33.2. The average Bonchev–Trinajstić information content (AvgIpc) is 3.96. The Bertz CT molecular complexity index is 2510. The van der Waals surface area contributed by atoms with E-state index in [9.17, 15) is 14.4 Å². The fraction of sp³-hybridized carbons (Fsp3) is 0.347. The summed E-state index contributed by atoms with van der Waals surface area (Å²) in [6, 6.07) is 25.0. The number of nitrogens with zero attached hydrogens (tertiary/aromatic N) is 2. The highest BCUT2D eigenvalue weighted by Gasteiger charge is 2.55. The van der Waals surface area contributed by atoms with E-state index >= 15 is 0 Å². The molecule has 60 heavy (non-hydrogen) atoms. The molecule has 11 heteroatoms. The van der Waals surface area contributed by atoms with Crippen LogP contribution in [0.5, 0.6) is 0 Å². The summed E-state index contributed by atoms with van der Waals surface area (Å²) in [7, 11) is 2.94. The normalized spacial score (nSPS) is 24.0. The van der Waals surface area contributed by atoms with Crippen molar-refractivity contribution in [2.75, 3.05) is 31.1 Å². The summed E-state index contributed by atoms with van der Waals surface area (Å²) in [5.41, 5.74) is 18.1. The topological polar surface area (TPSA) is 120 Å². The first-order chi connectivity index (χ1) is 29.0. The minimum Gasteiger partial charge on any atom is -0.353 e. The fourth-order valence-corrected chi connectivity index (χ4v) is 11.3. The van der Waals surface area contributed by atoms with Gasteiger partial charge in [-0.15, -0.1) is 0 Å². The Morgan fingerprint density at radius 2 is 1.45 bits per heavy atom. The highest BCUT2D eigenvalue weighted by Crippen LogP contribution is 2.65. The number of unbranched alkanes of at least 4 members (excludes halogenated alkanes) is 1. The van der Waals surface area contributed by atoms with Crippen LogP contribution in [-0.4, -0.2) is 64.2 Å². The molecule has 310 valence electrons. The molecule has 4 aliphatic rings. The summed E-state index contributed by atoms with van der Waals surface area (Å²) in [5.74, 6) is -0.357. The molecule has 1 saturated heterocycles. The third-order valence-corrected chi connectivity index (χ3v) is 15.4. The van der Waals surface area contributed by atoms with Crippen LogP contribution in [0.15, 0.2) is 121 Å². The van der Waals surface area contributed by atoms with E-state index < -0.39 is 10.1 Å². The van der Waals surface area contributed by atoms with E-state index in [2.05, 4.69) is 150 Å². The van der Waals surface area contributed by atoms with Gasteiger partial charge in [-0.1, -0.05) is 127 Å². The monoisotopic (exact) mass is 839 g/mol. The molecule has 5 N–H and O–H groups in total.